The predicted molar refractivity (Wildman–Crippen MR) is 147 cm³/mol. The first-order valence-corrected chi connectivity index (χ1v) is 14.2. The summed E-state index contributed by atoms with van der Waals surface area (Å²) in [7, 11) is -4.08. The summed E-state index contributed by atoms with van der Waals surface area (Å²) in [5.74, 6) is -0.106. The van der Waals surface area contributed by atoms with Crippen LogP contribution in [0.3, 0.4) is 0 Å². The Bertz CT molecular complexity index is 1440. The highest BCUT2D eigenvalue weighted by Crippen LogP contribution is 2.39. The van der Waals surface area contributed by atoms with E-state index in [9.17, 15) is 18.0 Å². The highest BCUT2D eigenvalue weighted by molar-refractivity contribution is 14.1. The van der Waals surface area contributed by atoms with Crippen LogP contribution in [0.25, 0.3) is 6.08 Å². The summed E-state index contributed by atoms with van der Waals surface area (Å²) >= 11 is 2.82. The second-order valence-corrected chi connectivity index (χ2v) is 11.6. The molecule has 1 heterocycles. The number of imide groups is 1. The minimum Gasteiger partial charge on any atom is -0.490 e. The number of hydrogen-bond donors (Lipinski definition) is 0. The maximum absolute atomic E-state index is 13.0. The fourth-order valence-electron chi connectivity index (χ4n) is 3.42. The van der Waals surface area contributed by atoms with Crippen molar-refractivity contribution in [3.05, 3.63) is 91.9 Å². The molecule has 2 amide bonds. The highest BCUT2D eigenvalue weighted by Gasteiger charge is 2.35. The predicted octanol–water partition coefficient (Wildman–Crippen LogP) is 6.00. The van der Waals surface area contributed by atoms with E-state index >= 15 is 0 Å². The topological polar surface area (TPSA) is 90.0 Å². The maximum Gasteiger partial charge on any atom is 0.339 e. The molecule has 3 aromatic rings. The Balaban J connectivity index is 1.61. The Labute approximate surface area is 227 Å². The van der Waals surface area contributed by atoms with Crippen LogP contribution in [0.15, 0.2) is 76.5 Å². The summed E-state index contributed by atoms with van der Waals surface area (Å²) in [4.78, 5) is 27.0. The molecule has 186 valence electrons. The van der Waals surface area contributed by atoms with Gasteiger partial charge in [0, 0.05) is 0 Å². The number of aryl methyl sites for hydroxylation is 1. The zero-order chi connectivity index (χ0) is 25.9. The Morgan fingerprint density at radius 3 is 2.39 bits per heavy atom. The standard InChI is InChI=1S/C26H22INO6S2/c1-3-33-22-14-19(13-21(27)24(22)34-36(31,32)20-7-5-4-6-8-20)15-23-25(29)28(26(30)35-23)16-18-11-9-17(2)10-12-18/h4-15H,3,16H2,1-2H3/b23-15-. The number of carbonyl (C=O) groups excluding carboxylic acids is 2. The molecule has 1 fully saturated rings. The van der Waals surface area contributed by atoms with Gasteiger partial charge in [0.25, 0.3) is 11.1 Å². The van der Waals surface area contributed by atoms with Crippen LogP contribution in [0.1, 0.15) is 23.6 Å². The number of carbonyl (C=O) groups is 2. The van der Waals surface area contributed by atoms with Gasteiger partial charge in [0.2, 0.25) is 0 Å². The van der Waals surface area contributed by atoms with Crippen molar-refractivity contribution in [2.75, 3.05) is 6.61 Å². The van der Waals surface area contributed by atoms with E-state index in [-0.39, 0.29) is 45.6 Å². The van der Waals surface area contributed by atoms with Crippen LogP contribution < -0.4 is 8.92 Å². The van der Waals surface area contributed by atoms with Crippen LogP contribution in [0.4, 0.5) is 4.79 Å². The number of thioether (sulfide) groups is 1. The van der Waals surface area contributed by atoms with Gasteiger partial charge < -0.3 is 8.92 Å². The zero-order valence-corrected chi connectivity index (χ0v) is 23.2. The van der Waals surface area contributed by atoms with Gasteiger partial charge in [0.05, 0.1) is 21.6 Å². The smallest absolute Gasteiger partial charge is 0.339 e. The van der Waals surface area contributed by atoms with Gasteiger partial charge in [-0.25, -0.2) is 0 Å². The lowest BCUT2D eigenvalue weighted by atomic mass is 10.1. The first kappa shape index (κ1) is 26.2. The molecule has 7 nitrogen and oxygen atoms in total. The van der Waals surface area contributed by atoms with E-state index in [2.05, 4.69) is 0 Å². The molecular weight excluding hydrogens is 613 g/mol. The third-order valence-corrected chi connectivity index (χ3v) is 8.13. The van der Waals surface area contributed by atoms with E-state index in [1.54, 1.807) is 43.3 Å². The molecule has 36 heavy (non-hydrogen) atoms. The van der Waals surface area contributed by atoms with Crippen LogP contribution in [-0.2, 0) is 21.5 Å². The number of nitrogens with zero attached hydrogens (tertiary/aromatic N) is 1. The summed E-state index contributed by atoms with van der Waals surface area (Å²) < 4.78 is 37.1. The number of hydrogen-bond acceptors (Lipinski definition) is 7. The maximum atomic E-state index is 13.0. The quantitative estimate of drug-likeness (QED) is 0.170. The molecule has 4 rings (SSSR count). The minimum absolute atomic E-state index is 0.0228. The Morgan fingerprint density at radius 2 is 1.72 bits per heavy atom. The number of benzene rings is 3. The van der Waals surface area contributed by atoms with E-state index < -0.39 is 10.1 Å². The van der Waals surface area contributed by atoms with E-state index in [1.165, 1.54) is 17.0 Å². The van der Waals surface area contributed by atoms with Gasteiger partial charge in [0.1, 0.15) is 4.90 Å². The Morgan fingerprint density at radius 1 is 1.03 bits per heavy atom. The van der Waals surface area contributed by atoms with Crippen molar-refractivity contribution < 1.29 is 26.9 Å². The van der Waals surface area contributed by atoms with E-state index in [0.717, 1.165) is 22.9 Å². The van der Waals surface area contributed by atoms with E-state index in [1.807, 2.05) is 53.8 Å². The van der Waals surface area contributed by atoms with Crippen LogP contribution in [0.5, 0.6) is 11.5 Å². The normalized spacial score (nSPS) is 15.0. The van der Waals surface area contributed by atoms with Crippen molar-refractivity contribution in [2.45, 2.75) is 25.3 Å². The molecule has 0 aliphatic carbocycles. The fraction of sp³-hybridized carbons (Fsp3) is 0.154. The van der Waals surface area contributed by atoms with Crippen molar-refractivity contribution >= 4 is 61.7 Å². The molecule has 0 radical (unpaired) electrons. The van der Waals surface area contributed by atoms with Gasteiger partial charge in [-0.2, -0.15) is 8.42 Å². The third kappa shape index (κ3) is 5.93. The van der Waals surface area contributed by atoms with Gasteiger partial charge in [0.15, 0.2) is 11.5 Å². The zero-order valence-electron chi connectivity index (χ0n) is 19.4. The van der Waals surface area contributed by atoms with Gasteiger partial charge in [-0.3, -0.25) is 14.5 Å². The van der Waals surface area contributed by atoms with Gasteiger partial charge in [-0.1, -0.05) is 48.0 Å². The summed E-state index contributed by atoms with van der Waals surface area (Å²) in [5.41, 5.74) is 2.53. The largest absolute Gasteiger partial charge is 0.490 e. The van der Waals surface area contributed by atoms with Crippen molar-refractivity contribution in [1.82, 2.24) is 4.90 Å². The Kier molecular flexibility index (Phi) is 8.06. The molecule has 1 aliphatic rings. The molecule has 3 aromatic carbocycles. The molecule has 0 bridgehead atoms. The van der Waals surface area contributed by atoms with Crippen molar-refractivity contribution in [2.24, 2.45) is 0 Å². The lowest BCUT2D eigenvalue weighted by Gasteiger charge is -2.15. The molecule has 1 saturated heterocycles. The number of ether oxygens (including phenoxy) is 1. The number of halogens is 1. The molecular formula is C26H22INO6S2. The van der Waals surface area contributed by atoms with Crippen LogP contribution in [0.2, 0.25) is 0 Å². The number of rotatable bonds is 8. The molecule has 10 heteroatoms. The summed E-state index contributed by atoms with van der Waals surface area (Å²) in [5, 5.41) is -0.347. The molecule has 0 N–H and O–H groups in total. The molecule has 0 unspecified atom stereocenters. The average Bonchev–Trinajstić information content (AvgIpc) is 3.10. The van der Waals surface area contributed by atoms with Crippen molar-refractivity contribution in [3.63, 3.8) is 0 Å². The van der Waals surface area contributed by atoms with Crippen LogP contribution in [0, 0.1) is 10.5 Å². The van der Waals surface area contributed by atoms with Crippen LogP contribution in [-0.4, -0.2) is 31.1 Å². The number of amides is 2. The average molecular weight is 636 g/mol. The van der Waals surface area contributed by atoms with Gasteiger partial charge in [-0.15, -0.1) is 0 Å². The lowest BCUT2D eigenvalue weighted by Crippen LogP contribution is -2.27. The van der Waals surface area contributed by atoms with E-state index in [4.69, 9.17) is 8.92 Å². The second-order valence-electron chi connectivity index (χ2n) is 7.87. The SMILES string of the molecule is CCOc1cc(/C=C2\SC(=O)N(Cc3ccc(C)cc3)C2=O)cc(I)c1OS(=O)(=O)c1ccccc1. The minimum atomic E-state index is -4.08. The highest BCUT2D eigenvalue weighted by atomic mass is 127. The van der Waals surface area contributed by atoms with Gasteiger partial charge >= 0.3 is 10.1 Å². The fourth-order valence-corrected chi connectivity index (χ4v) is 6.13. The van der Waals surface area contributed by atoms with Crippen molar-refractivity contribution in [3.8, 4) is 11.5 Å². The Hall–Kier alpha value is -2.83. The van der Waals surface area contributed by atoms with Crippen LogP contribution >= 0.6 is 34.4 Å². The monoisotopic (exact) mass is 635 g/mol. The third-order valence-electron chi connectivity index (χ3n) is 5.19. The molecule has 0 atom stereocenters. The lowest BCUT2D eigenvalue weighted by molar-refractivity contribution is -0.123. The van der Waals surface area contributed by atoms with Crippen molar-refractivity contribution in [1.29, 1.82) is 0 Å². The first-order valence-electron chi connectivity index (χ1n) is 10.9. The molecule has 0 saturated carbocycles. The molecule has 0 spiro atoms. The second kappa shape index (κ2) is 11.1. The summed E-state index contributed by atoms with van der Waals surface area (Å²) in [6.07, 6.45) is 1.60. The van der Waals surface area contributed by atoms with E-state index in [0.29, 0.717) is 9.13 Å². The van der Waals surface area contributed by atoms with Gasteiger partial charge in [-0.05, 0) is 89.7 Å². The summed E-state index contributed by atoms with van der Waals surface area (Å²) in [6.45, 7) is 4.20. The molecule has 0 aromatic heterocycles. The molecule has 1 aliphatic heterocycles. The summed E-state index contributed by atoms with van der Waals surface area (Å²) in [6, 6.07) is 18.7. The first-order chi connectivity index (χ1) is 17.2.